The Morgan fingerprint density at radius 2 is 0.869 bits per heavy atom. The molecule has 11 aromatic rings. The highest BCUT2D eigenvalue weighted by molar-refractivity contribution is 7.26. The molecule has 0 aliphatic heterocycles. The van der Waals surface area contributed by atoms with E-state index in [1.165, 1.54) is 109 Å². The van der Waals surface area contributed by atoms with Gasteiger partial charge in [0.25, 0.3) is 0 Å². The average Bonchev–Trinajstić information content (AvgIpc) is 3.81. The molecule has 1 aliphatic carbocycles. The second-order valence-corrected chi connectivity index (χ2v) is 18.0. The van der Waals surface area contributed by atoms with Crippen molar-refractivity contribution in [3.05, 3.63) is 223 Å². The number of nitrogens with zero attached hydrogens (tertiary/aromatic N) is 1. The number of thiophene rings is 1. The van der Waals surface area contributed by atoms with E-state index in [4.69, 9.17) is 0 Å². The van der Waals surface area contributed by atoms with Gasteiger partial charge >= 0.3 is 0 Å². The fourth-order valence-electron chi connectivity index (χ4n) is 9.87. The van der Waals surface area contributed by atoms with Crippen LogP contribution < -0.4 is 4.90 Å². The number of hydrogen-bond acceptors (Lipinski definition) is 2. The smallest absolute Gasteiger partial charge is 0.0640 e. The van der Waals surface area contributed by atoms with Gasteiger partial charge in [0.2, 0.25) is 0 Å². The third-order valence-electron chi connectivity index (χ3n) is 13.1. The van der Waals surface area contributed by atoms with Crippen LogP contribution in [0.4, 0.5) is 17.1 Å². The van der Waals surface area contributed by atoms with Gasteiger partial charge < -0.3 is 4.90 Å². The van der Waals surface area contributed by atoms with Crippen LogP contribution in [-0.4, -0.2) is 0 Å². The molecule has 0 saturated heterocycles. The summed E-state index contributed by atoms with van der Waals surface area (Å²) in [6.07, 6.45) is 0. The normalized spacial score (nSPS) is 12.9. The van der Waals surface area contributed by atoms with Gasteiger partial charge in [0.05, 0.1) is 16.1 Å². The standard InChI is InChI=1S/C59H41NS/c1-59(2)52-16-7-5-14-51(52)57-53(59)17-10-18-54(57)60(55-19-9-15-50-49-13-6-8-20-56(49)61-58(50)55)48-33-31-40(32-34-48)39-21-23-41(24-22-39)43-27-28-46-37-47(30-29-45(46)36-43)44-26-25-38-11-3-4-12-42(38)35-44/h3-37H,1-2H3. The quantitative estimate of drug-likeness (QED) is 0.162. The van der Waals surface area contributed by atoms with Gasteiger partial charge in [0.15, 0.2) is 0 Å². The van der Waals surface area contributed by atoms with Crippen molar-refractivity contribution in [1.29, 1.82) is 0 Å². The van der Waals surface area contributed by atoms with Crippen LogP contribution in [0.15, 0.2) is 212 Å². The van der Waals surface area contributed by atoms with Gasteiger partial charge in [-0.1, -0.05) is 178 Å². The van der Waals surface area contributed by atoms with E-state index < -0.39 is 0 Å². The van der Waals surface area contributed by atoms with Crippen molar-refractivity contribution in [3.63, 3.8) is 0 Å². The molecule has 0 bridgehead atoms. The predicted molar refractivity (Wildman–Crippen MR) is 263 cm³/mol. The van der Waals surface area contributed by atoms with Crippen LogP contribution >= 0.6 is 11.3 Å². The molecule has 1 heterocycles. The van der Waals surface area contributed by atoms with Gasteiger partial charge in [0.1, 0.15) is 0 Å². The first-order chi connectivity index (χ1) is 30.0. The van der Waals surface area contributed by atoms with E-state index in [-0.39, 0.29) is 5.41 Å². The third-order valence-corrected chi connectivity index (χ3v) is 14.3. The average molecular weight is 796 g/mol. The van der Waals surface area contributed by atoms with E-state index in [2.05, 4.69) is 231 Å². The topological polar surface area (TPSA) is 3.24 Å². The maximum Gasteiger partial charge on any atom is 0.0640 e. The first kappa shape index (κ1) is 35.7. The zero-order valence-corrected chi connectivity index (χ0v) is 34.9. The lowest BCUT2D eigenvalue weighted by Crippen LogP contribution is -2.16. The van der Waals surface area contributed by atoms with Crippen LogP contribution in [0.3, 0.4) is 0 Å². The highest BCUT2D eigenvalue weighted by Crippen LogP contribution is 2.55. The van der Waals surface area contributed by atoms with Crippen molar-refractivity contribution >= 4 is 70.1 Å². The first-order valence-electron chi connectivity index (χ1n) is 21.2. The zero-order valence-electron chi connectivity index (χ0n) is 34.1. The maximum atomic E-state index is 2.51. The molecule has 1 aliphatic rings. The number of hydrogen-bond donors (Lipinski definition) is 0. The Kier molecular flexibility index (Phi) is 8.13. The minimum absolute atomic E-state index is 0.0952. The summed E-state index contributed by atoms with van der Waals surface area (Å²) in [7, 11) is 0. The summed E-state index contributed by atoms with van der Waals surface area (Å²) >= 11 is 1.88. The number of fused-ring (bicyclic) bond motifs is 8. The first-order valence-corrected chi connectivity index (χ1v) is 22.0. The number of benzene rings is 10. The van der Waals surface area contributed by atoms with Crippen LogP contribution in [0, 0.1) is 0 Å². The Morgan fingerprint density at radius 1 is 0.377 bits per heavy atom. The SMILES string of the molecule is CC1(C)c2ccccc2-c2c(N(c3ccc(-c4ccc(-c5ccc6cc(-c7ccc8ccccc8c7)ccc6c5)cc4)cc3)c3cccc4c3sc3ccccc34)cccc21. The van der Waals surface area contributed by atoms with Crippen LogP contribution in [0.25, 0.3) is 86.2 Å². The maximum absolute atomic E-state index is 2.51. The van der Waals surface area contributed by atoms with E-state index in [1.54, 1.807) is 0 Å². The molecule has 2 heteroatoms. The molecule has 288 valence electrons. The molecule has 0 N–H and O–H groups in total. The summed E-state index contributed by atoms with van der Waals surface area (Å²) in [5, 5.41) is 7.63. The lowest BCUT2D eigenvalue weighted by molar-refractivity contribution is 0.660. The predicted octanol–water partition coefficient (Wildman–Crippen LogP) is 17.1. The highest BCUT2D eigenvalue weighted by Gasteiger charge is 2.38. The zero-order chi connectivity index (χ0) is 40.7. The molecule has 0 atom stereocenters. The second kappa shape index (κ2) is 13.9. The summed E-state index contributed by atoms with van der Waals surface area (Å²) in [5.41, 5.74) is 16.2. The molecule has 1 nitrogen and oxygen atoms in total. The molecule has 0 radical (unpaired) electrons. The summed E-state index contributed by atoms with van der Waals surface area (Å²) < 4.78 is 2.61. The van der Waals surface area contributed by atoms with Crippen molar-refractivity contribution in [3.8, 4) is 44.5 Å². The van der Waals surface area contributed by atoms with E-state index in [0.717, 1.165) is 5.69 Å². The van der Waals surface area contributed by atoms with Crippen molar-refractivity contribution in [1.82, 2.24) is 0 Å². The molecular weight excluding hydrogens is 755 g/mol. The van der Waals surface area contributed by atoms with E-state index in [0.29, 0.717) is 0 Å². The minimum atomic E-state index is -0.0952. The molecular formula is C59H41NS. The molecule has 0 unspecified atom stereocenters. The molecule has 0 amide bonds. The van der Waals surface area contributed by atoms with Gasteiger partial charge in [-0.2, -0.15) is 0 Å². The van der Waals surface area contributed by atoms with E-state index >= 15 is 0 Å². The Balaban J connectivity index is 0.897. The molecule has 0 saturated carbocycles. The Bertz CT molecular complexity index is 3500. The molecule has 10 aromatic carbocycles. The monoisotopic (exact) mass is 795 g/mol. The van der Waals surface area contributed by atoms with Crippen molar-refractivity contribution in [2.75, 3.05) is 4.90 Å². The summed E-state index contributed by atoms with van der Waals surface area (Å²) in [4.78, 5) is 2.51. The molecule has 0 spiro atoms. The Morgan fingerprint density at radius 3 is 1.61 bits per heavy atom. The van der Waals surface area contributed by atoms with Crippen LogP contribution in [0.1, 0.15) is 25.0 Å². The van der Waals surface area contributed by atoms with E-state index in [9.17, 15) is 0 Å². The molecule has 1 aromatic heterocycles. The van der Waals surface area contributed by atoms with Crippen molar-refractivity contribution < 1.29 is 0 Å². The van der Waals surface area contributed by atoms with Crippen LogP contribution in [0.2, 0.25) is 0 Å². The summed E-state index contributed by atoms with van der Waals surface area (Å²) in [5.74, 6) is 0. The summed E-state index contributed by atoms with van der Waals surface area (Å²) in [6, 6.07) is 78.6. The third kappa shape index (κ3) is 5.82. The van der Waals surface area contributed by atoms with Crippen molar-refractivity contribution in [2.24, 2.45) is 0 Å². The largest absolute Gasteiger partial charge is 0.308 e. The summed E-state index contributed by atoms with van der Waals surface area (Å²) in [6.45, 7) is 4.72. The van der Waals surface area contributed by atoms with Gasteiger partial charge in [0, 0.05) is 32.1 Å². The van der Waals surface area contributed by atoms with Gasteiger partial charge in [-0.15, -0.1) is 11.3 Å². The molecule has 61 heavy (non-hydrogen) atoms. The minimum Gasteiger partial charge on any atom is -0.308 e. The highest BCUT2D eigenvalue weighted by atomic mass is 32.1. The Hall–Kier alpha value is -7.26. The lowest BCUT2D eigenvalue weighted by Gasteiger charge is -2.29. The molecule has 0 fully saturated rings. The Labute approximate surface area is 360 Å². The van der Waals surface area contributed by atoms with Crippen molar-refractivity contribution in [2.45, 2.75) is 19.3 Å². The van der Waals surface area contributed by atoms with Gasteiger partial charge in [-0.3, -0.25) is 0 Å². The number of anilines is 3. The van der Waals surface area contributed by atoms with E-state index in [1.807, 2.05) is 11.3 Å². The van der Waals surface area contributed by atoms with Gasteiger partial charge in [-0.25, -0.2) is 0 Å². The number of rotatable bonds is 6. The van der Waals surface area contributed by atoms with Gasteiger partial charge in [-0.05, 0) is 120 Å². The lowest BCUT2D eigenvalue weighted by atomic mass is 9.82. The fraction of sp³-hybridized carbons (Fsp3) is 0.0508. The second-order valence-electron chi connectivity index (χ2n) is 16.9. The fourth-order valence-corrected chi connectivity index (χ4v) is 11.1. The van der Waals surface area contributed by atoms with Crippen LogP contribution in [-0.2, 0) is 5.41 Å². The molecule has 12 rings (SSSR count). The van der Waals surface area contributed by atoms with Crippen LogP contribution in [0.5, 0.6) is 0 Å².